The van der Waals surface area contributed by atoms with Crippen molar-refractivity contribution in [3.05, 3.63) is 33.9 Å². The Balaban J connectivity index is 2.71. The normalized spacial score (nSPS) is 9.68. The quantitative estimate of drug-likeness (QED) is 0.481. The van der Waals surface area contributed by atoms with Crippen molar-refractivity contribution < 1.29 is 24.0 Å². The van der Waals surface area contributed by atoms with Crippen molar-refractivity contribution in [1.29, 1.82) is 0 Å². The van der Waals surface area contributed by atoms with Crippen LogP contribution in [0.5, 0.6) is 5.75 Å². The molecule has 0 saturated heterocycles. The maximum Gasteiger partial charge on any atom is 0.273 e. The number of carbonyl (C=O) groups is 3. The lowest BCUT2D eigenvalue weighted by atomic mass is 10.1. The van der Waals surface area contributed by atoms with Crippen molar-refractivity contribution in [3.8, 4) is 5.75 Å². The molecule has 0 saturated carbocycles. The standard InChI is InChI=1S/C12H14N4O6/c1-22-9-6-7(16(20)21)2-3-8(9)12(19)15-14-11(18)5-4-10(13)17/h2-3,6H,4-5H2,1H3,(H2,13,17)(H,14,18)(H,15,19). The maximum atomic E-state index is 11.9. The summed E-state index contributed by atoms with van der Waals surface area (Å²) in [6.45, 7) is 0. The van der Waals surface area contributed by atoms with E-state index in [0.29, 0.717) is 0 Å². The van der Waals surface area contributed by atoms with Crippen LogP contribution < -0.4 is 21.3 Å². The maximum absolute atomic E-state index is 11.9. The molecule has 0 aliphatic rings. The summed E-state index contributed by atoms with van der Waals surface area (Å²) in [4.78, 5) is 43.7. The highest BCUT2D eigenvalue weighted by molar-refractivity contribution is 5.98. The molecule has 0 radical (unpaired) electrons. The Morgan fingerprint density at radius 3 is 2.50 bits per heavy atom. The van der Waals surface area contributed by atoms with Crippen molar-refractivity contribution in [1.82, 2.24) is 10.9 Å². The lowest BCUT2D eigenvalue weighted by Gasteiger charge is -2.10. The molecule has 0 aromatic heterocycles. The fraction of sp³-hybridized carbons (Fsp3) is 0.250. The first-order valence-corrected chi connectivity index (χ1v) is 6.05. The van der Waals surface area contributed by atoms with Gasteiger partial charge in [-0.1, -0.05) is 0 Å². The number of carbonyl (C=O) groups excluding carboxylic acids is 3. The number of ether oxygens (including phenoxy) is 1. The number of amides is 3. The summed E-state index contributed by atoms with van der Waals surface area (Å²) < 4.78 is 4.90. The van der Waals surface area contributed by atoms with E-state index < -0.39 is 22.6 Å². The lowest BCUT2D eigenvalue weighted by Crippen LogP contribution is -2.42. The van der Waals surface area contributed by atoms with E-state index in [1.54, 1.807) is 0 Å². The Hall–Kier alpha value is -3.17. The van der Waals surface area contributed by atoms with Gasteiger partial charge in [0.25, 0.3) is 11.6 Å². The van der Waals surface area contributed by atoms with Gasteiger partial charge in [0.15, 0.2) is 0 Å². The number of rotatable bonds is 6. The van der Waals surface area contributed by atoms with E-state index in [-0.39, 0.29) is 29.8 Å². The summed E-state index contributed by atoms with van der Waals surface area (Å²) in [5.41, 5.74) is 8.85. The summed E-state index contributed by atoms with van der Waals surface area (Å²) >= 11 is 0. The van der Waals surface area contributed by atoms with Gasteiger partial charge in [-0.15, -0.1) is 0 Å². The number of hydrogen-bond acceptors (Lipinski definition) is 6. The van der Waals surface area contributed by atoms with Crippen LogP contribution in [-0.2, 0) is 9.59 Å². The number of nitro benzene ring substituents is 1. The third-order valence-electron chi connectivity index (χ3n) is 2.55. The molecule has 0 heterocycles. The predicted octanol–water partition coefficient (Wildman–Crippen LogP) is -0.370. The molecule has 10 heteroatoms. The van der Waals surface area contributed by atoms with Crippen LogP contribution in [-0.4, -0.2) is 29.8 Å². The second kappa shape index (κ2) is 7.57. The molecule has 1 aromatic carbocycles. The first-order chi connectivity index (χ1) is 10.3. The fourth-order valence-corrected chi connectivity index (χ4v) is 1.47. The minimum Gasteiger partial charge on any atom is -0.496 e. The Morgan fingerprint density at radius 2 is 1.95 bits per heavy atom. The molecule has 118 valence electrons. The smallest absolute Gasteiger partial charge is 0.273 e. The van der Waals surface area contributed by atoms with Crippen molar-refractivity contribution >= 4 is 23.4 Å². The van der Waals surface area contributed by atoms with E-state index in [9.17, 15) is 24.5 Å². The Labute approximate surface area is 124 Å². The number of nitro groups is 1. The molecule has 22 heavy (non-hydrogen) atoms. The molecule has 1 aromatic rings. The second-order valence-corrected chi connectivity index (χ2v) is 4.11. The Bertz CT molecular complexity index is 616. The number of benzene rings is 1. The predicted molar refractivity (Wildman–Crippen MR) is 73.7 cm³/mol. The zero-order valence-corrected chi connectivity index (χ0v) is 11.6. The zero-order valence-electron chi connectivity index (χ0n) is 11.6. The van der Waals surface area contributed by atoms with Crippen LogP contribution in [0.25, 0.3) is 0 Å². The van der Waals surface area contributed by atoms with Crippen LogP contribution in [0.4, 0.5) is 5.69 Å². The van der Waals surface area contributed by atoms with Gasteiger partial charge in [0.05, 0.1) is 23.7 Å². The number of methoxy groups -OCH3 is 1. The van der Waals surface area contributed by atoms with Gasteiger partial charge in [0.1, 0.15) is 5.75 Å². The molecule has 0 aliphatic heterocycles. The fourth-order valence-electron chi connectivity index (χ4n) is 1.47. The van der Waals surface area contributed by atoms with Gasteiger partial charge in [0.2, 0.25) is 11.8 Å². The van der Waals surface area contributed by atoms with E-state index in [1.807, 2.05) is 0 Å². The van der Waals surface area contributed by atoms with E-state index in [2.05, 4.69) is 10.9 Å². The minimum absolute atomic E-state index is 0.00306. The molecular weight excluding hydrogens is 296 g/mol. The highest BCUT2D eigenvalue weighted by Crippen LogP contribution is 2.24. The first-order valence-electron chi connectivity index (χ1n) is 6.05. The summed E-state index contributed by atoms with van der Waals surface area (Å²) in [7, 11) is 1.25. The van der Waals surface area contributed by atoms with Gasteiger partial charge in [-0.3, -0.25) is 35.3 Å². The van der Waals surface area contributed by atoms with Crippen molar-refractivity contribution in [2.24, 2.45) is 5.73 Å². The van der Waals surface area contributed by atoms with Gasteiger partial charge in [-0.05, 0) is 6.07 Å². The first kappa shape index (κ1) is 16.9. The van der Waals surface area contributed by atoms with Crippen LogP contribution >= 0.6 is 0 Å². The monoisotopic (exact) mass is 310 g/mol. The molecule has 4 N–H and O–H groups in total. The van der Waals surface area contributed by atoms with E-state index >= 15 is 0 Å². The molecule has 0 fully saturated rings. The lowest BCUT2D eigenvalue weighted by molar-refractivity contribution is -0.384. The number of nitrogens with zero attached hydrogens (tertiary/aromatic N) is 1. The highest BCUT2D eigenvalue weighted by atomic mass is 16.6. The number of nitrogens with two attached hydrogens (primary N) is 1. The number of primary amides is 1. The second-order valence-electron chi connectivity index (χ2n) is 4.11. The third-order valence-corrected chi connectivity index (χ3v) is 2.55. The van der Waals surface area contributed by atoms with Crippen molar-refractivity contribution in [2.45, 2.75) is 12.8 Å². The zero-order chi connectivity index (χ0) is 16.7. The number of hydrogen-bond donors (Lipinski definition) is 3. The summed E-state index contributed by atoms with van der Waals surface area (Å²) in [6.07, 6.45) is -0.324. The molecule has 0 bridgehead atoms. The summed E-state index contributed by atoms with van der Waals surface area (Å²) in [6, 6.07) is 3.41. The molecule has 0 unspecified atom stereocenters. The van der Waals surface area contributed by atoms with E-state index in [1.165, 1.54) is 13.2 Å². The van der Waals surface area contributed by atoms with Crippen LogP contribution in [0, 0.1) is 10.1 Å². The van der Waals surface area contributed by atoms with Crippen LogP contribution in [0.2, 0.25) is 0 Å². The Morgan fingerprint density at radius 1 is 1.27 bits per heavy atom. The van der Waals surface area contributed by atoms with Crippen LogP contribution in [0.3, 0.4) is 0 Å². The van der Waals surface area contributed by atoms with Crippen molar-refractivity contribution in [3.63, 3.8) is 0 Å². The highest BCUT2D eigenvalue weighted by Gasteiger charge is 2.17. The molecule has 3 amide bonds. The third kappa shape index (κ3) is 4.74. The average molecular weight is 310 g/mol. The number of nitrogens with one attached hydrogen (secondary N) is 2. The molecular formula is C12H14N4O6. The summed E-state index contributed by atoms with van der Waals surface area (Å²) in [5, 5.41) is 10.6. The van der Waals surface area contributed by atoms with Gasteiger partial charge < -0.3 is 10.5 Å². The van der Waals surface area contributed by atoms with Crippen LogP contribution in [0.1, 0.15) is 23.2 Å². The number of non-ortho nitro benzene ring substituents is 1. The minimum atomic E-state index is -0.723. The van der Waals surface area contributed by atoms with Gasteiger partial charge in [-0.25, -0.2) is 0 Å². The van der Waals surface area contributed by atoms with Gasteiger partial charge >= 0.3 is 0 Å². The molecule has 0 spiro atoms. The van der Waals surface area contributed by atoms with E-state index in [4.69, 9.17) is 10.5 Å². The summed E-state index contributed by atoms with van der Waals surface area (Å²) in [5.74, 6) is -1.98. The van der Waals surface area contributed by atoms with Crippen molar-refractivity contribution in [2.75, 3.05) is 7.11 Å². The van der Waals surface area contributed by atoms with Gasteiger partial charge in [0, 0.05) is 18.9 Å². The molecule has 0 atom stereocenters. The van der Waals surface area contributed by atoms with E-state index in [0.717, 1.165) is 12.1 Å². The molecule has 0 aliphatic carbocycles. The van der Waals surface area contributed by atoms with Crippen LogP contribution in [0.15, 0.2) is 18.2 Å². The number of hydrazine groups is 1. The molecule has 1 rings (SSSR count). The largest absolute Gasteiger partial charge is 0.496 e. The molecule has 10 nitrogen and oxygen atoms in total. The SMILES string of the molecule is COc1cc([N+](=O)[O-])ccc1C(=O)NNC(=O)CCC(N)=O. The topological polar surface area (TPSA) is 154 Å². The van der Waals surface area contributed by atoms with Gasteiger partial charge in [-0.2, -0.15) is 0 Å². The Kier molecular flexibility index (Phi) is 5.81. The average Bonchev–Trinajstić information content (AvgIpc) is 2.49.